The first-order valence-corrected chi connectivity index (χ1v) is 10.2. The van der Waals surface area contributed by atoms with E-state index in [2.05, 4.69) is 14.3 Å². The van der Waals surface area contributed by atoms with Crippen LogP contribution in [-0.2, 0) is 23.0 Å². The van der Waals surface area contributed by atoms with E-state index in [1.807, 2.05) is 24.4 Å². The number of nitrogens with one attached hydrogen (secondary N) is 1. The molecule has 0 saturated heterocycles. The quantitative estimate of drug-likeness (QED) is 0.686. The molecule has 1 N–H and O–H groups in total. The number of rotatable bonds is 5. The van der Waals surface area contributed by atoms with Crippen molar-refractivity contribution < 1.29 is 13.2 Å². The van der Waals surface area contributed by atoms with Gasteiger partial charge in [0.25, 0.3) is 10.0 Å². The number of Topliss-reactive ketones (excluding diaryl/α,β-unsaturated/α-hetero) is 1. The Morgan fingerprint density at radius 3 is 2.67 bits per heavy atom. The minimum Gasteiger partial charge on any atom is -0.328 e. The third-order valence-corrected chi connectivity index (χ3v) is 6.10. The van der Waals surface area contributed by atoms with Crippen LogP contribution in [0, 0.1) is 0 Å². The van der Waals surface area contributed by atoms with Gasteiger partial charge in [0, 0.05) is 29.8 Å². The van der Waals surface area contributed by atoms with E-state index in [1.165, 1.54) is 31.2 Å². The average Bonchev–Trinajstić information content (AvgIpc) is 3.25. The fraction of sp³-hybridized carbons (Fsp3) is 0.200. The van der Waals surface area contributed by atoms with Gasteiger partial charge < -0.3 is 4.57 Å². The zero-order valence-electron chi connectivity index (χ0n) is 14.8. The van der Waals surface area contributed by atoms with Crippen molar-refractivity contribution in [3.8, 4) is 11.3 Å². The number of ketones is 1. The highest BCUT2D eigenvalue weighted by molar-refractivity contribution is 7.92. The molecule has 0 fully saturated rings. The molecule has 0 aliphatic carbocycles. The number of aryl methyl sites for hydroxylation is 1. The van der Waals surface area contributed by atoms with Gasteiger partial charge in [-0.15, -0.1) is 0 Å². The number of hydrogen-bond donors (Lipinski definition) is 1. The van der Waals surface area contributed by atoms with Crippen molar-refractivity contribution in [1.82, 2.24) is 9.55 Å². The standard InChI is InChI=1S/C20H19N3O3S/c1-14(24)15-7-9-18(10-8-15)27(25,26)22-17-5-2-4-16(12-17)19-13-21-20-6-3-11-23(19)20/h2,4-5,7-10,12-13,22H,3,6,11H2,1H3. The predicted molar refractivity (Wildman–Crippen MR) is 103 cm³/mol. The van der Waals surface area contributed by atoms with Crippen LogP contribution in [0.15, 0.2) is 59.6 Å². The van der Waals surface area contributed by atoms with Gasteiger partial charge in [0.05, 0.1) is 16.8 Å². The lowest BCUT2D eigenvalue weighted by Gasteiger charge is -2.11. The van der Waals surface area contributed by atoms with E-state index in [4.69, 9.17) is 0 Å². The number of sulfonamides is 1. The highest BCUT2D eigenvalue weighted by Gasteiger charge is 2.18. The first-order valence-electron chi connectivity index (χ1n) is 8.73. The van der Waals surface area contributed by atoms with Crippen LogP contribution < -0.4 is 4.72 Å². The maximum atomic E-state index is 12.7. The van der Waals surface area contributed by atoms with Crippen LogP contribution in [0.2, 0.25) is 0 Å². The number of benzene rings is 2. The Labute approximate surface area is 157 Å². The molecule has 1 aliphatic rings. The third kappa shape index (κ3) is 3.38. The normalized spacial score (nSPS) is 13.4. The lowest BCUT2D eigenvalue weighted by Crippen LogP contribution is -2.13. The summed E-state index contributed by atoms with van der Waals surface area (Å²) in [7, 11) is -3.74. The zero-order valence-corrected chi connectivity index (χ0v) is 15.7. The molecule has 0 unspecified atom stereocenters. The monoisotopic (exact) mass is 381 g/mol. The molecule has 2 aromatic carbocycles. The van der Waals surface area contributed by atoms with E-state index in [1.54, 1.807) is 6.07 Å². The minimum atomic E-state index is -3.74. The molecule has 0 saturated carbocycles. The van der Waals surface area contributed by atoms with Crippen molar-refractivity contribution in [2.75, 3.05) is 4.72 Å². The van der Waals surface area contributed by atoms with Crippen LogP contribution in [0.1, 0.15) is 29.5 Å². The molecule has 1 aliphatic heterocycles. The Morgan fingerprint density at radius 2 is 1.93 bits per heavy atom. The molecule has 0 spiro atoms. The number of aromatic nitrogens is 2. The molecule has 0 bridgehead atoms. The molecule has 2 heterocycles. The summed E-state index contributed by atoms with van der Waals surface area (Å²) in [5.41, 5.74) is 2.87. The third-order valence-electron chi connectivity index (χ3n) is 4.70. The van der Waals surface area contributed by atoms with Gasteiger partial charge in [0.1, 0.15) is 5.82 Å². The molecule has 6 nitrogen and oxygen atoms in total. The first-order chi connectivity index (χ1) is 12.9. The highest BCUT2D eigenvalue weighted by Crippen LogP contribution is 2.28. The van der Waals surface area contributed by atoms with Gasteiger partial charge in [0.15, 0.2) is 5.78 Å². The van der Waals surface area contributed by atoms with Crippen molar-refractivity contribution in [1.29, 1.82) is 0 Å². The summed E-state index contributed by atoms with van der Waals surface area (Å²) in [5.74, 6) is 0.967. The fourth-order valence-corrected chi connectivity index (χ4v) is 4.36. The summed E-state index contributed by atoms with van der Waals surface area (Å²) >= 11 is 0. The number of imidazole rings is 1. The second kappa shape index (κ2) is 6.66. The average molecular weight is 381 g/mol. The fourth-order valence-electron chi connectivity index (χ4n) is 3.31. The molecule has 0 amide bonds. The molecular formula is C20H19N3O3S. The van der Waals surface area contributed by atoms with Crippen LogP contribution in [0.5, 0.6) is 0 Å². The Hall–Kier alpha value is -2.93. The highest BCUT2D eigenvalue weighted by atomic mass is 32.2. The van der Waals surface area contributed by atoms with Crippen LogP contribution >= 0.6 is 0 Å². The van der Waals surface area contributed by atoms with Gasteiger partial charge in [-0.05, 0) is 37.6 Å². The molecule has 7 heteroatoms. The van der Waals surface area contributed by atoms with E-state index in [-0.39, 0.29) is 10.7 Å². The molecule has 27 heavy (non-hydrogen) atoms. The number of fused-ring (bicyclic) bond motifs is 1. The number of carbonyl (C=O) groups is 1. The van der Waals surface area contributed by atoms with Gasteiger partial charge in [-0.2, -0.15) is 0 Å². The second-order valence-electron chi connectivity index (χ2n) is 6.58. The van der Waals surface area contributed by atoms with Gasteiger partial charge in [0.2, 0.25) is 0 Å². The first kappa shape index (κ1) is 17.5. The number of anilines is 1. The van der Waals surface area contributed by atoms with Crippen LogP contribution in [0.25, 0.3) is 11.3 Å². The van der Waals surface area contributed by atoms with Crippen LogP contribution in [0.4, 0.5) is 5.69 Å². The Bertz CT molecular complexity index is 1120. The minimum absolute atomic E-state index is 0.104. The van der Waals surface area contributed by atoms with Crippen molar-refractivity contribution >= 4 is 21.5 Å². The number of hydrogen-bond acceptors (Lipinski definition) is 4. The van der Waals surface area contributed by atoms with Gasteiger partial charge in [-0.3, -0.25) is 9.52 Å². The maximum absolute atomic E-state index is 12.7. The van der Waals surface area contributed by atoms with Crippen molar-refractivity contribution in [2.24, 2.45) is 0 Å². The molecule has 138 valence electrons. The van der Waals surface area contributed by atoms with Crippen molar-refractivity contribution in [2.45, 2.75) is 31.2 Å². The summed E-state index contributed by atoms with van der Waals surface area (Å²) in [4.78, 5) is 15.9. The van der Waals surface area contributed by atoms with Gasteiger partial charge in [-0.25, -0.2) is 13.4 Å². The summed E-state index contributed by atoms with van der Waals surface area (Å²) < 4.78 is 30.1. The molecular weight excluding hydrogens is 362 g/mol. The molecule has 0 radical (unpaired) electrons. The van der Waals surface area contributed by atoms with E-state index in [0.717, 1.165) is 36.5 Å². The van der Waals surface area contributed by atoms with E-state index >= 15 is 0 Å². The largest absolute Gasteiger partial charge is 0.328 e. The maximum Gasteiger partial charge on any atom is 0.261 e. The van der Waals surface area contributed by atoms with E-state index in [0.29, 0.717) is 11.3 Å². The second-order valence-corrected chi connectivity index (χ2v) is 8.26. The lowest BCUT2D eigenvalue weighted by atomic mass is 10.1. The van der Waals surface area contributed by atoms with Crippen molar-refractivity contribution in [3.63, 3.8) is 0 Å². The number of nitrogens with zero attached hydrogens (tertiary/aromatic N) is 2. The topological polar surface area (TPSA) is 81.1 Å². The molecule has 4 rings (SSSR count). The van der Waals surface area contributed by atoms with Crippen molar-refractivity contribution in [3.05, 3.63) is 66.1 Å². The Morgan fingerprint density at radius 1 is 1.15 bits per heavy atom. The Kier molecular flexibility index (Phi) is 4.31. The van der Waals surface area contributed by atoms with Gasteiger partial charge in [-0.1, -0.05) is 24.3 Å². The molecule has 0 atom stereocenters. The zero-order chi connectivity index (χ0) is 19.0. The number of carbonyl (C=O) groups excluding carboxylic acids is 1. The SMILES string of the molecule is CC(=O)c1ccc(S(=O)(=O)Nc2cccc(-c3cnc4n3CCC4)c2)cc1. The smallest absolute Gasteiger partial charge is 0.261 e. The van der Waals surface area contributed by atoms with Crippen LogP contribution in [0.3, 0.4) is 0 Å². The lowest BCUT2D eigenvalue weighted by molar-refractivity contribution is 0.101. The van der Waals surface area contributed by atoms with Crippen LogP contribution in [-0.4, -0.2) is 23.8 Å². The molecule has 1 aromatic heterocycles. The van der Waals surface area contributed by atoms with E-state index < -0.39 is 10.0 Å². The predicted octanol–water partition coefficient (Wildman–Crippen LogP) is 3.50. The van der Waals surface area contributed by atoms with Gasteiger partial charge >= 0.3 is 0 Å². The summed E-state index contributed by atoms with van der Waals surface area (Å²) in [6.45, 7) is 2.38. The Balaban J connectivity index is 1.61. The summed E-state index contributed by atoms with van der Waals surface area (Å²) in [5, 5.41) is 0. The summed E-state index contributed by atoms with van der Waals surface area (Å²) in [6, 6.07) is 13.2. The summed E-state index contributed by atoms with van der Waals surface area (Å²) in [6.07, 6.45) is 3.89. The van der Waals surface area contributed by atoms with E-state index in [9.17, 15) is 13.2 Å². The molecule has 3 aromatic rings.